The molecular weight excluding hydrogens is 146 g/mol. The first-order valence-corrected chi connectivity index (χ1v) is 3.41. The minimum absolute atomic E-state index is 0.00199. The largest absolute Gasteiger partial charge is 0.383 e. The molecule has 0 aromatic carbocycles. The number of nitrogens with zero attached hydrogens (tertiary/aromatic N) is 1. The number of nitriles is 1. The number of ketones is 1. The maximum atomic E-state index is 10.9. The van der Waals surface area contributed by atoms with E-state index >= 15 is 0 Å². The molecule has 0 aromatic rings. The Bertz CT molecular complexity index is 208. The highest BCUT2D eigenvalue weighted by Crippen LogP contribution is 2.15. The highest BCUT2D eigenvalue weighted by Gasteiger charge is 2.33. The van der Waals surface area contributed by atoms with Crippen molar-refractivity contribution in [1.29, 1.82) is 5.26 Å². The smallest absolute Gasteiger partial charge is 0.167 e. The van der Waals surface area contributed by atoms with Gasteiger partial charge in [0.1, 0.15) is 6.10 Å². The van der Waals surface area contributed by atoms with E-state index in [9.17, 15) is 4.79 Å². The normalized spacial score (nSPS) is 38.3. The molecule has 1 N–H and O–H groups in total. The third-order valence-corrected chi connectivity index (χ3v) is 1.68. The fraction of sp³-hybridized carbons (Fsp3) is 0.714. The second kappa shape index (κ2) is 2.99. The number of hydrogen-bond donors (Lipinski definition) is 1. The molecule has 0 aromatic heterocycles. The first-order valence-electron chi connectivity index (χ1n) is 3.41. The van der Waals surface area contributed by atoms with E-state index in [1.165, 1.54) is 0 Å². The summed E-state index contributed by atoms with van der Waals surface area (Å²) < 4.78 is 4.99. The van der Waals surface area contributed by atoms with Crippen molar-refractivity contribution in [3.05, 3.63) is 0 Å². The van der Waals surface area contributed by atoms with Gasteiger partial charge in [-0.2, -0.15) is 5.26 Å². The maximum Gasteiger partial charge on any atom is 0.167 e. The number of carbonyl (C=O) groups is 1. The van der Waals surface area contributed by atoms with Crippen LogP contribution in [0.3, 0.4) is 0 Å². The van der Waals surface area contributed by atoms with Gasteiger partial charge in [0.2, 0.25) is 0 Å². The van der Waals surface area contributed by atoms with Crippen molar-refractivity contribution in [2.75, 3.05) is 0 Å². The molecule has 1 aliphatic rings. The Kier molecular flexibility index (Phi) is 2.22. The SMILES string of the molecule is C[C@@H]1O[C@@H](C#N)CC(=O)[C@H]1O. The summed E-state index contributed by atoms with van der Waals surface area (Å²) in [5.74, 6) is -0.310. The van der Waals surface area contributed by atoms with Gasteiger partial charge >= 0.3 is 0 Å². The molecule has 11 heavy (non-hydrogen) atoms. The molecule has 0 unspecified atom stereocenters. The second-order valence-electron chi connectivity index (χ2n) is 2.57. The number of Topliss-reactive ketones (excluding diaryl/α,β-unsaturated/α-hetero) is 1. The van der Waals surface area contributed by atoms with Gasteiger partial charge in [-0.3, -0.25) is 4.79 Å². The van der Waals surface area contributed by atoms with Gasteiger partial charge in [0.05, 0.1) is 12.2 Å². The molecule has 60 valence electrons. The zero-order valence-electron chi connectivity index (χ0n) is 6.15. The van der Waals surface area contributed by atoms with E-state index in [4.69, 9.17) is 15.1 Å². The van der Waals surface area contributed by atoms with E-state index in [0.717, 1.165) is 0 Å². The van der Waals surface area contributed by atoms with Crippen molar-refractivity contribution >= 4 is 5.78 Å². The third-order valence-electron chi connectivity index (χ3n) is 1.68. The van der Waals surface area contributed by atoms with Crippen LogP contribution in [0.5, 0.6) is 0 Å². The van der Waals surface area contributed by atoms with Crippen LogP contribution >= 0.6 is 0 Å². The molecule has 0 bridgehead atoms. The number of aliphatic hydroxyl groups is 1. The molecule has 0 amide bonds. The molecule has 0 radical (unpaired) electrons. The van der Waals surface area contributed by atoms with Gasteiger partial charge in [-0.25, -0.2) is 0 Å². The Morgan fingerprint density at radius 1 is 1.82 bits per heavy atom. The van der Waals surface area contributed by atoms with Crippen molar-refractivity contribution in [3.8, 4) is 6.07 Å². The Labute approximate surface area is 64.4 Å². The molecule has 3 atom stereocenters. The van der Waals surface area contributed by atoms with E-state index in [0.29, 0.717) is 0 Å². The van der Waals surface area contributed by atoms with E-state index in [1.54, 1.807) is 6.92 Å². The van der Waals surface area contributed by atoms with Crippen molar-refractivity contribution < 1.29 is 14.6 Å². The highest BCUT2D eigenvalue weighted by molar-refractivity contribution is 5.84. The number of ether oxygens (including phenoxy) is 1. The summed E-state index contributed by atoms with van der Waals surface area (Å²) >= 11 is 0. The zero-order chi connectivity index (χ0) is 8.43. The molecule has 1 rings (SSSR count). The summed E-state index contributed by atoms with van der Waals surface area (Å²) in [6.45, 7) is 1.58. The van der Waals surface area contributed by atoms with Gasteiger partial charge < -0.3 is 9.84 Å². The molecule has 1 fully saturated rings. The average Bonchev–Trinajstić information content (AvgIpc) is 1.99. The van der Waals surface area contributed by atoms with E-state index < -0.39 is 18.3 Å². The molecule has 4 heteroatoms. The second-order valence-corrected chi connectivity index (χ2v) is 2.57. The quantitative estimate of drug-likeness (QED) is 0.517. The van der Waals surface area contributed by atoms with Crippen LogP contribution in [-0.4, -0.2) is 29.2 Å². The van der Waals surface area contributed by atoms with Crippen LogP contribution in [-0.2, 0) is 9.53 Å². The molecule has 1 aliphatic heterocycles. The summed E-state index contributed by atoms with van der Waals surface area (Å²) in [6.07, 6.45) is -2.29. The van der Waals surface area contributed by atoms with Gasteiger partial charge in [-0.05, 0) is 6.92 Å². The minimum Gasteiger partial charge on any atom is -0.383 e. The van der Waals surface area contributed by atoms with Gasteiger partial charge in [0, 0.05) is 6.42 Å². The van der Waals surface area contributed by atoms with Gasteiger partial charge in [-0.1, -0.05) is 0 Å². The highest BCUT2D eigenvalue weighted by atomic mass is 16.5. The lowest BCUT2D eigenvalue weighted by molar-refractivity contribution is -0.150. The molecular formula is C7H9NO3. The van der Waals surface area contributed by atoms with Crippen molar-refractivity contribution in [2.45, 2.75) is 31.7 Å². The van der Waals surface area contributed by atoms with Gasteiger partial charge in [0.15, 0.2) is 11.9 Å². The van der Waals surface area contributed by atoms with Crippen LogP contribution in [0.4, 0.5) is 0 Å². The van der Waals surface area contributed by atoms with Crippen LogP contribution in [0.25, 0.3) is 0 Å². The average molecular weight is 155 g/mol. The number of aliphatic hydroxyl groups excluding tert-OH is 1. The lowest BCUT2D eigenvalue weighted by Crippen LogP contribution is -2.43. The maximum absolute atomic E-state index is 10.9. The summed E-state index contributed by atoms with van der Waals surface area (Å²) in [5, 5.41) is 17.5. The van der Waals surface area contributed by atoms with Crippen molar-refractivity contribution in [1.82, 2.24) is 0 Å². The van der Waals surface area contributed by atoms with E-state index in [1.807, 2.05) is 6.07 Å². The predicted octanol–water partition coefficient (Wildman–Crippen LogP) is -0.383. The summed E-state index contributed by atoms with van der Waals surface area (Å²) in [4.78, 5) is 10.9. The van der Waals surface area contributed by atoms with Crippen molar-refractivity contribution in [3.63, 3.8) is 0 Å². The lowest BCUT2D eigenvalue weighted by atomic mass is 10.0. The number of carbonyl (C=O) groups excluding carboxylic acids is 1. The Morgan fingerprint density at radius 2 is 2.45 bits per heavy atom. The summed E-state index contributed by atoms with van der Waals surface area (Å²) in [5.41, 5.74) is 0. The predicted molar refractivity (Wildman–Crippen MR) is 35.6 cm³/mol. The fourth-order valence-electron chi connectivity index (χ4n) is 1.02. The van der Waals surface area contributed by atoms with Crippen LogP contribution in [0.2, 0.25) is 0 Å². The topological polar surface area (TPSA) is 70.3 Å². The van der Waals surface area contributed by atoms with Gasteiger partial charge in [-0.15, -0.1) is 0 Å². The first-order chi connectivity index (χ1) is 5.15. The molecule has 0 spiro atoms. The Morgan fingerprint density at radius 3 is 2.91 bits per heavy atom. The Hall–Kier alpha value is -0.920. The minimum atomic E-state index is -1.06. The zero-order valence-corrected chi connectivity index (χ0v) is 6.15. The summed E-state index contributed by atoms with van der Waals surface area (Å²) in [6, 6.07) is 1.83. The lowest BCUT2D eigenvalue weighted by Gasteiger charge is -2.26. The molecule has 1 saturated heterocycles. The van der Waals surface area contributed by atoms with Crippen LogP contribution in [0.1, 0.15) is 13.3 Å². The molecule has 0 aliphatic carbocycles. The Balaban J connectivity index is 2.64. The standard InChI is InChI=1S/C7H9NO3/c1-4-7(10)6(9)2-5(3-8)11-4/h4-5,7,10H,2H2,1H3/t4-,5+,7-/m0/s1. The number of hydrogen-bond acceptors (Lipinski definition) is 4. The van der Waals surface area contributed by atoms with E-state index in [-0.39, 0.29) is 12.2 Å². The fourth-order valence-corrected chi connectivity index (χ4v) is 1.02. The number of rotatable bonds is 0. The molecule has 4 nitrogen and oxygen atoms in total. The van der Waals surface area contributed by atoms with Crippen molar-refractivity contribution in [2.24, 2.45) is 0 Å². The van der Waals surface area contributed by atoms with Crippen LogP contribution < -0.4 is 0 Å². The first kappa shape index (κ1) is 8.18. The summed E-state index contributed by atoms with van der Waals surface area (Å²) in [7, 11) is 0. The van der Waals surface area contributed by atoms with Gasteiger partial charge in [0.25, 0.3) is 0 Å². The molecule has 0 saturated carbocycles. The molecule has 1 heterocycles. The third kappa shape index (κ3) is 1.56. The monoisotopic (exact) mass is 155 g/mol. The van der Waals surface area contributed by atoms with Crippen LogP contribution in [0.15, 0.2) is 0 Å². The van der Waals surface area contributed by atoms with Crippen LogP contribution in [0, 0.1) is 11.3 Å². The van der Waals surface area contributed by atoms with E-state index in [2.05, 4.69) is 0 Å².